The lowest BCUT2D eigenvalue weighted by Crippen LogP contribution is -2.38. The van der Waals surface area contributed by atoms with Gasteiger partial charge in [-0.3, -0.25) is 9.59 Å². The van der Waals surface area contributed by atoms with Crippen LogP contribution in [-0.2, 0) is 9.59 Å². The van der Waals surface area contributed by atoms with Crippen molar-refractivity contribution < 1.29 is 19.1 Å². The molecule has 11 heteroatoms. The first-order valence-corrected chi connectivity index (χ1v) is 15.1. The van der Waals surface area contributed by atoms with E-state index in [-0.39, 0.29) is 18.4 Å². The van der Waals surface area contributed by atoms with Gasteiger partial charge in [0, 0.05) is 18.8 Å². The molecular formula is C30H36N6O4S. The highest BCUT2D eigenvalue weighted by Crippen LogP contribution is 2.38. The zero-order valence-electron chi connectivity index (χ0n) is 23.7. The van der Waals surface area contributed by atoms with Crippen LogP contribution in [0.25, 0.3) is 0 Å². The number of allylic oxidation sites excluding steroid dienone is 1. The molecule has 2 amide bonds. The molecule has 2 aliphatic rings. The average Bonchev–Trinajstić information content (AvgIpc) is 3.39. The first-order valence-electron chi connectivity index (χ1n) is 14.1. The molecule has 2 N–H and O–H groups in total. The SMILES string of the molecule is CCOc1ccccc1NC(=O)C1=C(C)Nc2nc(SCC)nn2C1c1ccc(OCC(=O)N2CCCCC2)cc1. The van der Waals surface area contributed by atoms with Crippen molar-refractivity contribution in [2.75, 3.05) is 42.7 Å². The summed E-state index contributed by atoms with van der Waals surface area (Å²) >= 11 is 1.54. The van der Waals surface area contributed by atoms with Gasteiger partial charge in [0.1, 0.15) is 17.5 Å². The Balaban J connectivity index is 1.41. The van der Waals surface area contributed by atoms with Crippen molar-refractivity contribution in [2.45, 2.75) is 51.2 Å². The average molecular weight is 577 g/mol. The second-order valence-corrected chi connectivity index (χ2v) is 11.1. The molecule has 5 rings (SSSR count). The topological polar surface area (TPSA) is 111 Å². The number of para-hydroxylation sites is 2. The molecule has 1 fully saturated rings. The van der Waals surface area contributed by atoms with E-state index in [1.54, 1.807) is 4.68 Å². The van der Waals surface area contributed by atoms with E-state index in [1.807, 2.05) is 74.2 Å². The third kappa shape index (κ3) is 6.51. The van der Waals surface area contributed by atoms with Gasteiger partial charge in [-0.05, 0) is 68.7 Å². The number of benzene rings is 2. The number of nitrogens with one attached hydrogen (secondary N) is 2. The number of likely N-dealkylation sites (tertiary alicyclic amines) is 1. The largest absolute Gasteiger partial charge is 0.492 e. The number of carbonyl (C=O) groups excluding carboxylic acids is 2. The maximum Gasteiger partial charge on any atom is 0.260 e. The minimum Gasteiger partial charge on any atom is -0.492 e. The van der Waals surface area contributed by atoms with Gasteiger partial charge in [0.15, 0.2) is 6.61 Å². The molecule has 0 saturated carbocycles. The van der Waals surface area contributed by atoms with E-state index < -0.39 is 6.04 Å². The van der Waals surface area contributed by atoms with Crippen LogP contribution < -0.4 is 20.1 Å². The number of amides is 2. The summed E-state index contributed by atoms with van der Waals surface area (Å²) in [5.74, 6) is 2.32. The van der Waals surface area contributed by atoms with E-state index in [0.29, 0.717) is 46.2 Å². The van der Waals surface area contributed by atoms with Crippen LogP contribution >= 0.6 is 11.8 Å². The maximum atomic E-state index is 13.9. The third-order valence-corrected chi connectivity index (χ3v) is 7.77. The summed E-state index contributed by atoms with van der Waals surface area (Å²) in [6.45, 7) is 7.89. The first-order chi connectivity index (χ1) is 20.0. The van der Waals surface area contributed by atoms with Gasteiger partial charge < -0.3 is 25.0 Å². The summed E-state index contributed by atoms with van der Waals surface area (Å²) in [5, 5.41) is 11.7. The number of fused-ring (bicyclic) bond motifs is 1. The fourth-order valence-electron chi connectivity index (χ4n) is 5.09. The second kappa shape index (κ2) is 13.1. The van der Waals surface area contributed by atoms with Gasteiger partial charge in [0.05, 0.1) is 17.9 Å². The van der Waals surface area contributed by atoms with Crippen molar-refractivity contribution >= 4 is 35.2 Å². The molecule has 2 aliphatic heterocycles. The van der Waals surface area contributed by atoms with Crippen LogP contribution in [0.1, 0.15) is 51.6 Å². The van der Waals surface area contributed by atoms with E-state index in [9.17, 15) is 9.59 Å². The summed E-state index contributed by atoms with van der Waals surface area (Å²) in [4.78, 5) is 32.9. The zero-order chi connectivity index (χ0) is 28.8. The maximum absolute atomic E-state index is 13.9. The van der Waals surface area contributed by atoms with E-state index in [1.165, 1.54) is 18.2 Å². The number of hydrogen-bond donors (Lipinski definition) is 2. The fourth-order valence-corrected chi connectivity index (χ4v) is 5.65. The number of nitrogens with zero attached hydrogens (tertiary/aromatic N) is 4. The fraction of sp³-hybridized carbons (Fsp3) is 0.400. The number of piperidine rings is 1. The second-order valence-electron chi connectivity index (χ2n) is 9.84. The number of thioether (sulfide) groups is 1. The highest BCUT2D eigenvalue weighted by Gasteiger charge is 2.34. The van der Waals surface area contributed by atoms with Crippen LogP contribution in [0.15, 0.2) is 65.0 Å². The van der Waals surface area contributed by atoms with Crippen molar-refractivity contribution in [1.82, 2.24) is 19.7 Å². The van der Waals surface area contributed by atoms with Crippen LogP contribution in [-0.4, -0.2) is 63.5 Å². The van der Waals surface area contributed by atoms with Gasteiger partial charge in [-0.1, -0.05) is 43.0 Å². The number of ether oxygens (including phenoxy) is 2. The molecule has 0 aliphatic carbocycles. The number of anilines is 2. The Morgan fingerprint density at radius 2 is 1.80 bits per heavy atom. The van der Waals surface area contributed by atoms with Crippen LogP contribution in [0.4, 0.5) is 11.6 Å². The van der Waals surface area contributed by atoms with Gasteiger partial charge in [0.25, 0.3) is 11.8 Å². The molecule has 10 nitrogen and oxygen atoms in total. The van der Waals surface area contributed by atoms with Gasteiger partial charge in [-0.2, -0.15) is 4.98 Å². The summed E-state index contributed by atoms with van der Waals surface area (Å²) < 4.78 is 13.3. The number of rotatable bonds is 10. The van der Waals surface area contributed by atoms with Crippen molar-refractivity contribution in [3.05, 3.63) is 65.4 Å². The standard InChI is InChI=1S/C30H36N6O4S/c1-4-39-24-12-8-7-11-23(24)32-28(38)26-20(3)31-29-33-30(41-5-2)34-36(29)27(26)21-13-15-22(16-14-21)40-19-25(37)35-17-9-6-10-18-35/h7-8,11-16,27H,4-6,9-10,17-19H2,1-3H3,(H,32,38)(H,31,33,34). The van der Waals surface area contributed by atoms with E-state index in [4.69, 9.17) is 14.6 Å². The molecule has 3 heterocycles. The Kier molecular flexibility index (Phi) is 9.13. The monoisotopic (exact) mass is 576 g/mol. The van der Waals surface area contributed by atoms with Crippen molar-refractivity contribution in [2.24, 2.45) is 0 Å². The summed E-state index contributed by atoms with van der Waals surface area (Å²) in [6.07, 6.45) is 3.25. The van der Waals surface area contributed by atoms with E-state index in [2.05, 4.69) is 15.6 Å². The van der Waals surface area contributed by atoms with Gasteiger partial charge >= 0.3 is 0 Å². The quantitative estimate of drug-likeness (QED) is 0.321. The highest BCUT2D eigenvalue weighted by molar-refractivity contribution is 7.99. The molecule has 41 heavy (non-hydrogen) atoms. The Bertz CT molecular complexity index is 1410. The Labute approximate surface area is 244 Å². The third-order valence-electron chi connectivity index (χ3n) is 7.05. The minimum atomic E-state index is -0.534. The summed E-state index contributed by atoms with van der Waals surface area (Å²) in [7, 11) is 0. The van der Waals surface area contributed by atoms with Gasteiger partial charge in [-0.25, -0.2) is 4.68 Å². The Morgan fingerprint density at radius 1 is 1.05 bits per heavy atom. The van der Waals surface area contributed by atoms with Crippen LogP contribution in [0.2, 0.25) is 0 Å². The molecule has 1 unspecified atom stereocenters. The summed E-state index contributed by atoms with van der Waals surface area (Å²) in [5.41, 5.74) is 2.62. The molecule has 0 bridgehead atoms. The van der Waals surface area contributed by atoms with Crippen LogP contribution in [0.5, 0.6) is 11.5 Å². The molecule has 216 valence electrons. The predicted molar refractivity (Wildman–Crippen MR) is 159 cm³/mol. The molecular weight excluding hydrogens is 540 g/mol. The molecule has 2 aromatic carbocycles. The van der Waals surface area contributed by atoms with Crippen molar-refractivity contribution in [3.63, 3.8) is 0 Å². The lowest BCUT2D eigenvalue weighted by atomic mass is 9.95. The molecule has 3 aromatic rings. The molecule has 0 radical (unpaired) electrons. The van der Waals surface area contributed by atoms with Gasteiger partial charge in [-0.15, -0.1) is 5.10 Å². The smallest absolute Gasteiger partial charge is 0.260 e. The molecule has 1 aromatic heterocycles. The number of aromatic nitrogens is 3. The van der Waals surface area contributed by atoms with E-state index >= 15 is 0 Å². The van der Waals surface area contributed by atoms with Crippen LogP contribution in [0, 0.1) is 0 Å². The number of hydrogen-bond acceptors (Lipinski definition) is 8. The normalized spacial score (nSPS) is 16.6. The predicted octanol–water partition coefficient (Wildman–Crippen LogP) is 5.11. The lowest BCUT2D eigenvalue weighted by molar-refractivity contribution is -0.134. The highest BCUT2D eigenvalue weighted by atomic mass is 32.2. The van der Waals surface area contributed by atoms with E-state index in [0.717, 1.165) is 37.2 Å². The number of carbonyl (C=O) groups is 2. The zero-order valence-corrected chi connectivity index (χ0v) is 24.5. The molecule has 1 saturated heterocycles. The minimum absolute atomic E-state index is 0.00340. The van der Waals surface area contributed by atoms with Crippen molar-refractivity contribution in [1.29, 1.82) is 0 Å². The van der Waals surface area contributed by atoms with Gasteiger partial charge in [0.2, 0.25) is 11.1 Å². The molecule has 0 spiro atoms. The summed E-state index contributed by atoms with van der Waals surface area (Å²) in [6, 6.07) is 14.3. The lowest BCUT2D eigenvalue weighted by Gasteiger charge is -2.29. The van der Waals surface area contributed by atoms with Crippen LogP contribution in [0.3, 0.4) is 0 Å². The molecule has 1 atom stereocenters. The first kappa shape index (κ1) is 28.5. The van der Waals surface area contributed by atoms with Crippen molar-refractivity contribution in [3.8, 4) is 11.5 Å². The Hall–Kier alpha value is -3.99. The Morgan fingerprint density at radius 3 is 2.54 bits per heavy atom.